The van der Waals surface area contributed by atoms with Crippen LogP contribution in [-0.2, 0) is 11.3 Å². The standard InChI is InChI=1S/C12H10N2OS.C8H10N2/c1-8(15)14-7-11-5-10-4-9(6-13)2-3-12(10)16-11;1-7-5-3-4-6-8(7)10-9-2/h2-5H,7H2,1H3,(H,14,15);3-6H,1-2H3. The average Bonchev–Trinajstić information content (AvgIpc) is 3.04. The van der Waals surface area contributed by atoms with Crippen molar-refractivity contribution >= 4 is 33.0 Å². The Hall–Kier alpha value is -3.04. The van der Waals surface area contributed by atoms with E-state index < -0.39 is 0 Å². The van der Waals surface area contributed by atoms with Crippen LogP contribution in [0.2, 0.25) is 0 Å². The number of nitrogens with zero attached hydrogens (tertiary/aromatic N) is 3. The van der Waals surface area contributed by atoms with E-state index in [0.29, 0.717) is 12.1 Å². The van der Waals surface area contributed by atoms with Gasteiger partial charge in [0, 0.05) is 23.5 Å². The van der Waals surface area contributed by atoms with Crippen molar-refractivity contribution in [2.45, 2.75) is 20.4 Å². The molecule has 3 rings (SSSR count). The van der Waals surface area contributed by atoms with Gasteiger partial charge in [-0.1, -0.05) is 18.2 Å². The molecule has 1 N–H and O–H groups in total. The summed E-state index contributed by atoms with van der Waals surface area (Å²) in [7, 11) is 1.67. The molecule has 0 radical (unpaired) electrons. The number of aryl methyl sites for hydroxylation is 1. The first-order valence-corrected chi connectivity index (χ1v) is 8.87. The number of hydrogen-bond donors (Lipinski definition) is 1. The molecule has 0 atom stereocenters. The number of carbonyl (C=O) groups excluding carboxylic acids is 1. The number of nitriles is 1. The molecule has 0 saturated carbocycles. The second-order valence-corrected chi connectivity index (χ2v) is 6.74. The number of amides is 1. The molecule has 0 aliphatic rings. The van der Waals surface area contributed by atoms with Crippen LogP contribution in [0.4, 0.5) is 5.69 Å². The Morgan fingerprint density at radius 3 is 2.65 bits per heavy atom. The molecule has 3 aromatic rings. The van der Waals surface area contributed by atoms with E-state index in [1.165, 1.54) is 6.92 Å². The third kappa shape index (κ3) is 5.50. The molecule has 0 spiro atoms. The lowest BCUT2D eigenvalue weighted by Crippen LogP contribution is -2.17. The van der Waals surface area contributed by atoms with E-state index in [2.05, 4.69) is 21.6 Å². The molecule has 26 heavy (non-hydrogen) atoms. The van der Waals surface area contributed by atoms with Gasteiger partial charge in [0.2, 0.25) is 5.91 Å². The van der Waals surface area contributed by atoms with Crippen molar-refractivity contribution in [2.75, 3.05) is 7.05 Å². The van der Waals surface area contributed by atoms with Gasteiger partial charge in [0.05, 0.1) is 23.9 Å². The van der Waals surface area contributed by atoms with Gasteiger partial charge in [-0.15, -0.1) is 11.3 Å². The highest BCUT2D eigenvalue weighted by Gasteiger charge is 2.03. The summed E-state index contributed by atoms with van der Waals surface area (Å²) in [6.07, 6.45) is 0. The van der Waals surface area contributed by atoms with Gasteiger partial charge in [-0.05, 0) is 48.2 Å². The third-order valence-corrected chi connectivity index (χ3v) is 4.65. The van der Waals surface area contributed by atoms with Gasteiger partial charge in [0.15, 0.2) is 0 Å². The van der Waals surface area contributed by atoms with E-state index in [4.69, 9.17) is 5.26 Å². The van der Waals surface area contributed by atoms with Crippen LogP contribution in [0.3, 0.4) is 0 Å². The fourth-order valence-corrected chi connectivity index (χ4v) is 3.23. The Kier molecular flexibility index (Phi) is 7.01. The molecule has 0 bridgehead atoms. The highest BCUT2D eigenvalue weighted by atomic mass is 32.1. The van der Waals surface area contributed by atoms with E-state index in [1.807, 2.05) is 49.4 Å². The van der Waals surface area contributed by atoms with Gasteiger partial charge < -0.3 is 5.32 Å². The van der Waals surface area contributed by atoms with Crippen molar-refractivity contribution in [2.24, 2.45) is 10.2 Å². The molecule has 1 heterocycles. The zero-order valence-electron chi connectivity index (χ0n) is 15.0. The maximum atomic E-state index is 10.8. The Morgan fingerprint density at radius 1 is 1.23 bits per heavy atom. The highest BCUT2D eigenvalue weighted by molar-refractivity contribution is 7.19. The molecule has 132 valence electrons. The zero-order chi connectivity index (χ0) is 18.9. The minimum Gasteiger partial charge on any atom is -0.351 e. The van der Waals surface area contributed by atoms with Gasteiger partial charge in [-0.2, -0.15) is 15.5 Å². The predicted octanol–water partition coefficient (Wildman–Crippen LogP) is 5.12. The number of hydrogen-bond acceptors (Lipinski definition) is 5. The molecule has 5 nitrogen and oxygen atoms in total. The van der Waals surface area contributed by atoms with Crippen LogP contribution >= 0.6 is 11.3 Å². The number of fused-ring (bicyclic) bond motifs is 1. The van der Waals surface area contributed by atoms with Crippen molar-refractivity contribution < 1.29 is 4.79 Å². The van der Waals surface area contributed by atoms with Gasteiger partial charge in [-0.3, -0.25) is 4.79 Å². The van der Waals surface area contributed by atoms with E-state index in [-0.39, 0.29) is 5.91 Å². The Balaban J connectivity index is 0.000000209. The van der Waals surface area contributed by atoms with Crippen LogP contribution in [0, 0.1) is 18.3 Å². The molecule has 2 aromatic carbocycles. The van der Waals surface area contributed by atoms with Crippen LogP contribution in [0.25, 0.3) is 10.1 Å². The monoisotopic (exact) mass is 364 g/mol. The van der Waals surface area contributed by atoms with E-state index in [9.17, 15) is 4.79 Å². The maximum Gasteiger partial charge on any atom is 0.217 e. The quantitative estimate of drug-likeness (QED) is 0.655. The number of nitrogens with one attached hydrogen (secondary N) is 1. The Morgan fingerprint density at radius 2 is 2.00 bits per heavy atom. The van der Waals surface area contributed by atoms with E-state index in [0.717, 1.165) is 26.2 Å². The first-order valence-electron chi connectivity index (χ1n) is 8.06. The van der Waals surface area contributed by atoms with E-state index >= 15 is 0 Å². The molecular weight excluding hydrogens is 344 g/mol. The fraction of sp³-hybridized carbons (Fsp3) is 0.200. The Labute approximate surface area is 157 Å². The van der Waals surface area contributed by atoms with Gasteiger partial charge in [0.25, 0.3) is 0 Å². The summed E-state index contributed by atoms with van der Waals surface area (Å²) in [5.74, 6) is -0.0322. The average molecular weight is 364 g/mol. The number of thiophene rings is 1. The molecule has 0 aliphatic carbocycles. The molecule has 1 amide bonds. The van der Waals surface area contributed by atoms with E-state index in [1.54, 1.807) is 24.5 Å². The molecule has 0 aliphatic heterocycles. The summed E-state index contributed by atoms with van der Waals surface area (Å²) >= 11 is 1.63. The number of carbonyl (C=O) groups is 1. The summed E-state index contributed by atoms with van der Waals surface area (Å²) in [5, 5.41) is 20.2. The van der Waals surface area contributed by atoms with Crippen LogP contribution in [-0.4, -0.2) is 13.0 Å². The molecule has 0 saturated heterocycles. The smallest absolute Gasteiger partial charge is 0.217 e. The number of benzene rings is 2. The normalized spacial score (nSPS) is 10.2. The van der Waals surface area contributed by atoms with Crippen LogP contribution in [0.1, 0.15) is 22.9 Å². The largest absolute Gasteiger partial charge is 0.351 e. The van der Waals surface area contributed by atoms with Crippen molar-refractivity contribution in [1.29, 1.82) is 5.26 Å². The molecule has 6 heteroatoms. The van der Waals surface area contributed by atoms with Crippen molar-refractivity contribution in [1.82, 2.24) is 5.32 Å². The second-order valence-electron chi connectivity index (χ2n) is 5.57. The summed E-state index contributed by atoms with van der Waals surface area (Å²) in [5.41, 5.74) is 2.77. The molecule has 1 aromatic heterocycles. The van der Waals surface area contributed by atoms with Crippen molar-refractivity contribution in [3.05, 3.63) is 64.5 Å². The highest BCUT2D eigenvalue weighted by Crippen LogP contribution is 2.26. The van der Waals surface area contributed by atoms with Gasteiger partial charge >= 0.3 is 0 Å². The predicted molar refractivity (Wildman–Crippen MR) is 106 cm³/mol. The zero-order valence-corrected chi connectivity index (χ0v) is 15.8. The molecule has 0 unspecified atom stereocenters. The third-order valence-electron chi connectivity index (χ3n) is 3.53. The Bertz CT molecular complexity index is 969. The van der Waals surface area contributed by atoms with Crippen molar-refractivity contribution in [3.8, 4) is 6.07 Å². The topological polar surface area (TPSA) is 77.6 Å². The molecule has 0 fully saturated rings. The van der Waals surface area contributed by atoms with Gasteiger partial charge in [0.1, 0.15) is 0 Å². The first kappa shape index (κ1) is 19.3. The number of rotatable bonds is 3. The van der Waals surface area contributed by atoms with Crippen molar-refractivity contribution in [3.63, 3.8) is 0 Å². The van der Waals surface area contributed by atoms with Crippen LogP contribution in [0.15, 0.2) is 58.8 Å². The van der Waals surface area contributed by atoms with Gasteiger partial charge in [-0.25, -0.2) is 0 Å². The minimum absolute atomic E-state index is 0.0322. The molecular formula is C20H20N4OS. The summed E-state index contributed by atoms with van der Waals surface area (Å²) in [6, 6.07) is 17.6. The lowest BCUT2D eigenvalue weighted by molar-refractivity contribution is -0.119. The SMILES string of the molecule is CC(=O)NCc1cc2cc(C#N)ccc2s1.CN=Nc1ccccc1C. The fourth-order valence-electron chi connectivity index (χ4n) is 2.25. The summed E-state index contributed by atoms with van der Waals surface area (Å²) in [4.78, 5) is 11.9. The maximum absolute atomic E-state index is 10.8. The first-order chi connectivity index (χ1) is 12.5. The van der Waals surface area contributed by atoms with Crippen LogP contribution in [0.5, 0.6) is 0 Å². The number of azo groups is 1. The lowest BCUT2D eigenvalue weighted by Gasteiger charge is -1.96. The summed E-state index contributed by atoms with van der Waals surface area (Å²) in [6.45, 7) is 4.07. The second kappa shape index (κ2) is 9.44. The summed E-state index contributed by atoms with van der Waals surface area (Å²) < 4.78 is 1.14. The van der Waals surface area contributed by atoms with Crippen LogP contribution < -0.4 is 5.32 Å². The minimum atomic E-state index is -0.0322. The lowest BCUT2D eigenvalue weighted by atomic mass is 10.2.